The summed E-state index contributed by atoms with van der Waals surface area (Å²) in [7, 11) is 0. The van der Waals surface area contributed by atoms with E-state index >= 15 is 0 Å². The van der Waals surface area contributed by atoms with Crippen molar-refractivity contribution in [1.82, 2.24) is 4.98 Å². The summed E-state index contributed by atoms with van der Waals surface area (Å²) in [5.41, 5.74) is 1.40. The molecule has 0 aliphatic heterocycles. The van der Waals surface area contributed by atoms with Crippen molar-refractivity contribution in [2.75, 3.05) is 0 Å². The largest absolute Gasteiger partial charge is 0.491 e. The zero-order valence-corrected chi connectivity index (χ0v) is 12.2. The second-order valence-corrected chi connectivity index (χ2v) is 5.17. The molecule has 0 unspecified atom stereocenters. The number of halogens is 1. The number of Topliss-reactive ketones (excluding diaryl/α,β-unsaturated/α-hetero) is 1. The number of hydrogen-bond acceptors (Lipinski definition) is 3. The lowest BCUT2D eigenvalue weighted by molar-refractivity contribution is 0.0992. The summed E-state index contributed by atoms with van der Waals surface area (Å²) in [4.78, 5) is 16.2. The van der Waals surface area contributed by atoms with Crippen LogP contribution < -0.4 is 4.74 Å². The molecule has 1 heterocycles. The van der Waals surface area contributed by atoms with Gasteiger partial charge >= 0.3 is 0 Å². The Labute approximate surface area is 123 Å². The van der Waals surface area contributed by atoms with E-state index in [1.807, 2.05) is 26.0 Å². The molecule has 0 fully saturated rings. The van der Waals surface area contributed by atoms with Crippen LogP contribution in [0.2, 0.25) is 5.02 Å². The molecular formula is C16H16ClNO2. The first-order valence-electron chi connectivity index (χ1n) is 6.44. The SMILES string of the molecule is CC(C)Oc1cccc(C(=O)Cc2ccncc2Cl)c1. The van der Waals surface area contributed by atoms with Gasteiger partial charge in [0.15, 0.2) is 5.78 Å². The molecule has 1 aromatic heterocycles. The molecule has 1 aromatic carbocycles. The van der Waals surface area contributed by atoms with Gasteiger partial charge in [-0.15, -0.1) is 0 Å². The fourth-order valence-electron chi connectivity index (χ4n) is 1.84. The second-order valence-electron chi connectivity index (χ2n) is 4.76. The Kier molecular flexibility index (Phi) is 4.74. The summed E-state index contributed by atoms with van der Waals surface area (Å²) < 4.78 is 5.59. The Balaban J connectivity index is 2.15. The van der Waals surface area contributed by atoms with E-state index in [4.69, 9.17) is 16.3 Å². The highest BCUT2D eigenvalue weighted by Gasteiger charge is 2.11. The maximum Gasteiger partial charge on any atom is 0.167 e. The molecule has 4 heteroatoms. The van der Waals surface area contributed by atoms with E-state index in [0.717, 1.165) is 5.56 Å². The molecule has 0 spiro atoms. The number of hydrogen-bond donors (Lipinski definition) is 0. The van der Waals surface area contributed by atoms with Crippen molar-refractivity contribution in [3.05, 3.63) is 58.9 Å². The smallest absolute Gasteiger partial charge is 0.167 e. The molecular weight excluding hydrogens is 274 g/mol. The molecule has 0 bridgehead atoms. The maximum absolute atomic E-state index is 12.3. The lowest BCUT2D eigenvalue weighted by Crippen LogP contribution is -2.08. The number of benzene rings is 1. The molecule has 20 heavy (non-hydrogen) atoms. The van der Waals surface area contributed by atoms with Gasteiger partial charge in [0.05, 0.1) is 11.1 Å². The normalized spacial score (nSPS) is 10.6. The number of aromatic nitrogens is 1. The maximum atomic E-state index is 12.3. The van der Waals surface area contributed by atoms with Crippen LogP contribution in [0.4, 0.5) is 0 Å². The van der Waals surface area contributed by atoms with Crippen molar-refractivity contribution < 1.29 is 9.53 Å². The van der Waals surface area contributed by atoms with E-state index < -0.39 is 0 Å². The summed E-state index contributed by atoms with van der Waals surface area (Å²) in [6.45, 7) is 3.90. The van der Waals surface area contributed by atoms with Gasteiger partial charge in [-0.3, -0.25) is 9.78 Å². The lowest BCUT2D eigenvalue weighted by Gasteiger charge is -2.10. The Hall–Kier alpha value is -1.87. The Morgan fingerprint density at radius 3 is 2.85 bits per heavy atom. The average molecular weight is 290 g/mol. The molecule has 2 aromatic rings. The summed E-state index contributed by atoms with van der Waals surface area (Å²) in [5, 5.41) is 0.510. The van der Waals surface area contributed by atoms with Crippen molar-refractivity contribution in [1.29, 1.82) is 0 Å². The Morgan fingerprint density at radius 1 is 1.35 bits per heavy atom. The third kappa shape index (κ3) is 3.81. The molecule has 2 rings (SSSR count). The van der Waals surface area contributed by atoms with E-state index in [1.165, 1.54) is 0 Å². The molecule has 3 nitrogen and oxygen atoms in total. The predicted octanol–water partition coefficient (Wildman–Crippen LogP) is 3.95. The molecule has 0 amide bonds. The number of carbonyl (C=O) groups excluding carboxylic acids is 1. The van der Waals surface area contributed by atoms with Crippen LogP contribution in [0.1, 0.15) is 29.8 Å². The van der Waals surface area contributed by atoms with E-state index in [2.05, 4.69) is 4.98 Å². The van der Waals surface area contributed by atoms with Gasteiger partial charge in [-0.2, -0.15) is 0 Å². The Morgan fingerprint density at radius 2 is 2.15 bits per heavy atom. The van der Waals surface area contributed by atoms with Crippen LogP contribution >= 0.6 is 11.6 Å². The first-order valence-corrected chi connectivity index (χ1v) is 6.82. The lowest BCUT2D eigenvalue weighted by atomic mass is 10.0. The highest BCUT2D eigenvalue weighted by Crippen LogP contribution is 2.19. The monoisotopic (exact) mass is 289 g/mol. The van der Waals surface area contributed by atoms with Crippen molar-refractivity contribution in [3.8, 4) is 5.75 Å². The van der Waals surface area contributed by atoms with Gasteiger partial charge in [-0.25, -0.2) is 0 Å². The standard InChI is InChI=1S/C16H16ClNO2/c1-11(2)20-14-5-3-4-13(8-14)16(19)9-12-6-7-18-10-15(12)17/h3-8,10-11H,9H2,1-2H3. The fraction of sp³-hybridized carbons (Fsp3) is 0.250. The second kappa shape index (κ2) is 6.53. The van der Waals surface area contributed by atoms with Crippen LogP contribution in [-0.4, -0.2) is 16.9 Å². The van der Waals surface area contributed by atoms with E-state index in [-0.39, 0.29) is 18.3 Å². The molecule has 0 atom stereocenters. The summed E-state index contributed by atoms with van der Waals surface area (Å²) in [6, 6.07) is 8.96. The topological polar surface area (TPSA) is 39.2 Å². The number of ketones is 1. The van der Waals surface area contributed by atoms with E-state index in [9.17, 15) is 4.79 Å². The molecule has 104 valence electrons. The molecule has 0 aliphatic carbocycles. The highest BCUT2D eigenvalue weighted by atomic mass is 35.5. The minimum absolute atomic E-state index is 0.00676. The van der Waals surface area contributed by atoms with Crippen molar-refractivity contribution in [2.24, 2.45) is 0 Å². The first kappa shape index (κ1) is 14.5. The molecule has 0 aliphatic rings. The van der Waals surface area contributed by atoms with Gasteiger partial charge in [0, 0.05) is 24.4 Å². The number of ether oxygens (including phenoxy) is 1. The fourth-order valence-corrected chi connectivity index (χ4v) is 2.02. The number of pyridine rings is 1. The van der Waals surface area contributed by atoms with Crippen LogP contribution in [-0.2, 0) is 6.42 Å². The van der Waals surface area contributed by atoms with Crippen LogP contribution in [0, 0.1) is 0 Å². The van der Waals surface area contributed by atoms with Gasteiger partial charge in [-0.05, 0) is 37.6 Å². The average Bonchev–Trinajstić information content (AvgIpc) is 2.41. The van der Waals surface area contributed by atoms with Crippen LogP contribution in [0.25, 0.3) is 0 Å². The van der Waals surface area contributed by atoms with Gasteiger partial charge in [0.25, 0.3) is 0 Å². The van der Waals surface area contributed by atoms with Crippen molar-refractivity contribution in [2.45, 2.75) is 26.4 Å². The minimum Gasteiger partial charge on any atom is -0.491 e. The highest BCUT2D eigenvalue weighted by molar-refractivity contribution is 6.31. The number of rotatable bonds is 5. The zero-order chi connectivity index (χ0) is 14.5. The molecule has 0 saturated carbocycles. The van der Waals surface area contributed by atoms with E-state index in [0.29, 0.717) is 16.3 Å². The summed E-state index contributed by atoms with van der Waals surface area (Å²) in [6.07, 6.45) is 3.51. The van der Waals surface area contributed by atoms with Crippen LogP contribution in [0.3, 0.4) is 0 Å². The zero-order valence-electron chi connectivity index (χ0n) is 11.5. The third-order valence-electron chi connectivity index (χ3n) is 2.74. The molecule has 0 N–H and O–H groups in total. The summed E-state index contributed by atoms with van der Waals surface area (Å²) in [5.74, 6) is 0.707. The molecule has 0 radical (unpaired) electrons. The Bertz CT molecular complexity index is 611. The third-order valence-corrected chi connectivity index (χ3v) is 3.08. The van der Waals surface area contributed by atoms with Gasteiger partial charge in [0.2, 0.25) is 0 Å². The van der Waals surface area contributed by atoms with E-state index in [1.54, 1.807) is 30.6 Å². The van der Waals surface area contributed by atoms with Gasteiger partial charge in [-0.1, -0.05) is 23.7 Å². The van der Waals surface area contributed by atoms with Gasteiger partial charge in [0.1, 0.15) is 5.75 Å². The van der Waals surface area contributed by atoms with Crippen molar-refractivity contribution >= 4 is 17.4 Å². The quantitative estimate of drug-likeness (QED) is 0.783. The minimum atomic E-state index is 0.00676. The number of nitrogens with zero attached hydrogens (tertiary/aromatic N) is 1. The first-order chi connectivity index (χ1) is 9.56. The van der Waals surface area contributed by atoms with Crippen LogP contribution in [0.15, 0.2) is 42.7 Å². The van der Waals surface area contributed by atoms with Gasteiger partial charge < -0.3 is 4.74 Å². The predicted molar refractivity (Wildman–Crippen MR) is 79.5 cm³/mol. The summed E-state index contributed by atoms with van der Waals surface area (Å²) >= 11 is 6.02. The number of carbonyl (C=O) groups is 1. The van der Waals surface area contributed by atoms with Crippen LogP contribution in [0.5, 0.6) is 5.75 Å². The van der Waals surface area contributed by atoms with Crippen molar-refractivity contribution in [3.63, 3.8) is 0 Å². The molecule has 0 saturated heterocycles.